The van der Waals surface area contributed by atoms with E-state index in [-0.39, 0.29) is 0 Å². The molecule has 2 rings (SSSR count). The van der Waals surface area contributed by atoms with Crippen molar-refractivity contribution in [3.05, 3.63) is 42.0 Å². The molecule has 0 bridgehead atoms. The van der Waals surface area contributed by atoms with Crippen molar-refractivity contribution in [2.24, 2.45) is 0 Å². The van der Waals surface area contributed by atoms with E-state index in [2.05, 4.69) is 18.0 Å². The van der Waals surface area contributed by atoms with Crippen LogP contribution >= 0.6 is 0 Å². The van der Waals surface area contributed by atoms with Gasteiger partial charge in [0.25, 0.3) is 0 Å². The fraction of sp³-hybridized carbons (Fsp3) is 0.231. The van der Waals surface area contributed by atoms with Gasteiger partial charge in [-0.25, -0.2) is 4.98 Å². The lowest BCUT2D eigenvalue weighted by molar-refractivity contribution is 0.809. The standard InChI is InChI=1S/C13H14N4/c1-2-3-13-16-6-7-17(13)11-4-5-12(15)10(8-11)9-14/h4-8H,2-3,15H2,1H3. The molecule has 4 nitrogen and oxygen atoms in total. The maximum atomic E-state index is 8.96. The normalized spacial score (nSPS) is 10.1. The molecule has 2 aromatic rings. The fourth-order valence-electron chi connectivity index (χ4n) is 1.77. The quantitative estimate of drug-likeness (QED) is 0.816. The smallest absolute Gasteiger partial charge is 0.113 e. The topological polar surface area (TPSA) is 67.6 Å². The van der Waals surface area contributed by atoms with Crippen LogP contribution in [-0.2, 0) is 6.42 Å². The number of aryl methyl sites for hydroxylation is 1. The molecule has 17 heavy (non-hydrogen) atoms. The van der Waals surface area contributed by atoms with E-state index < -0.39 is 0 Å². The number of nitrogen functional groups attached to an aromatic ring is 1. The molecule has 0 spiro atoms. The van der Waals surface area contributed by atoms with Crippen molar-refractivity contribution in [1.82, 2.24) is 9.55 Å². The van der Waals surface area contributed by atoms with E-state index in [1.807, 2.05) is 16.8 Å². The molecule has 0 unspecified atom stereocenters. The minimum Gasteiger partial charge on any atom is -0.398 e. The van der Waals surface area contributed by atoms with Gasteiger partial charge in [0.15, 0.2) is 0 Å². The van der Waals surface area contributed by atoms with Crippen molar-refractivity contribution in [3.8, 4) is 11.8 Å². The van der Waals surface area contributed by atoms with Gasteiger partial charge in [-0.2, -0.15) is 5.26 Å². The van der Waals surface area contributed by atoms with Gasteiger partial charge >= 0.3 is 0 Å². The molecule has 0 atom stereocenters. The second-order valence-corrected chi connectivity index (χ2v) is 3.85. The van der Waals surface area contributed by atoms with E-state index in [4.69, 9.17) is 11.0 Å². The lowest BCUT2D eigenvalue weighted by Gasteiger charge is -2.08. The van der Waals surface area contributed by atoms with Crippen LogP contribution in [0.25, 0.3) is 5.69 Å². The number of nitrogens with two attached hydrogens (primary N) is 1. The van der Waals surface area contributed by atoms with Gasteiger partial charge in [-0.05, 0) is 24.6 Å². The van der Waals surface area contributed by atoms with Crippen LogP contribution in [0.2, 0.25) is 0 Å². The number of aromatic nitrogens is 2. The molecular weight excluding hydrogens is 212 g/mol. The second-order valence-electron chi connectivity index (χ2n) is 3.85. The van der Waals surface area contributed by atoms with Crippen LogP contribution in [0.3, 0.4) is 0 Å². The molecule has 86 valence electrons. The van der Waals surface area contributed by atoms with Crippen LogP contribution in [0, 0.1) is 11.3 Å². The molecule has 0 amide bonds. The first-order valence-electron chi connectivity index (χ1n) is 5.58. The maximum absolute atomic E-state index is 8.96. The molecule has 0 aliphatic heterocycles. The maximum Gasteiger partial charge on any atom is 0.113 e. The highest BCUT2D eigenvalue weighted by molar-refractivity contribution is 5.58. The Labute approximate surface area is 100 Å². The summed E-state index contributed by atoms with van der Waals surface area (Å²) in [5.41, 5.74) is 7.64. The van der Waals surface area contributed by atoms with Gasteiger partial charge in [-0.1, -0.05) is 6.92 Å². The monoisotopic (exact) mass is 226 g/mol. The first kappa shape index (κ1) is 11.2. The molecule has 1 heterocycles. The van der Waals surface area contributed by atoms with E-state index in [1.54, 1.807) is 18.3 Å². The lowest BCUT2D eigenvalue weighted by Crippen LogP contribution is -2.01. The summed E-state index contributed by atoms with van der Waals surface area (Å²) in [5, 5.41) is 8.96. The Morgan fingerprint density at radius 1 is 1.47 bits per heavy atom. The van der Waals surface area contributed by atoms with Crippen molar-refractivity contribution in [2.75, 3.05) is 5.73 Å². The summed E-state index contributed by atoms with van der Waals surface area (Å²) in [5.74, 6) is 1.00. The Morgan fingerprint density at radius 3 is 3.00 bits per heavy atom. The third kappa shape index (κ3) is 2.13. The Morgan fingerprint density at radius 2 is 2.29 bits per heavy atom. The minimum atomic E-state index is 0.499. The Bertz CT molecular complexity index is 563. The lowest BCUT2D eigenvalue weighted by atomic mass is 10.1. The number of hydrogen-bond donors (Lipinski definition) is 1. The van der Waals surface area contributed by atoms with Gasteiger partial charge in [-0.3, -0.25) is 0 Å². The summed E-state index contributed by atoms with van der Waals surface area (Å²) in [6.07, 6.45) is 5.63. The van der Waals surface area contributed by atoms with E-state index >= 15 is 0 Å². The third-order valence-electron chi connectivity index (χ3n) is 2.63. The second kappa shape index (κ2) is 4.71. The van der Waals surface area contributed by atoms with Crippen molar-refractivity contribution in [1.29, 1.82) is 5.26 Å². The Balaban J connectivity index is 2.46. The first-order valence-corrected chi connectivity index (χ1v) is 5.58. The molecule has 0 saturated heterocycles. The number of benzene rings is 1. The average Bonchev–Trinajstić information content (AvgIpc) is 2.78. The summed E-state index contributed by atoms with van der Waals surface area (Å²) in [4.78, 5) is 4.31. The van der Waals surface area contributed by atoms with Crippen LogP contribution in [0.4, 0.5) is 5.69 Å². The number of nitrogens with zero attached hydrogens (tertiary/aromatic N) is 3. The van der Waals surface area contributed by atoms with Crippen molar-refractivity contribution in [3.63, 3.8) is 0 Å². The number of nitriles is 1. The molecule has 0 fully saturated rings. The molecule has 2 N–H and O–H groups in total. The predicted molar refractivity (Wildman–Crippen MR) is 66.7 cm³/mol. The van der Waals surface area contributed by atoms with Gasteiger partial charge in [-0.15, -0.1) is 0 Å². The Hall–Kier alpha value is -2.28. The van der Waals surface area contributed by atoms with Gasteiger partial charge in [0.2, 0.25) is 0 Å². The molecule has 1 aromatic heterocycles. The largest absolute Gasteiger partial charge is 0.398 e. The van der Waals surface area contributed by atoms with Gasteiger partial charge in [0, 0.05) is 30.2 Å². The third-order valence-corrected chi connectivity index (χ3v) is 2.63. The zero-order valence-corrected chi connectivity index (χ0v) is 9.72. The van der Waals surface area contributed by atoms with Crippen LogP contribution in [0.5, 0.6) is 0 Å². The number of hydrogen-bond acceptors (Lipinski definition) is 3. The first-order chi connectivity index (χ1) is 8.26. The number of imidazole rings is 1. The summed E-state index contributed by atoms with van der Waals surface area (Å²) in [6.45, 7) is 2.11. The van der Waals surface area contributed by atoms with Crippen LogP contribution < -0.4 is 5.73 Å². The van der Waals surface area contributed by atoms with Crippen LogP contribution in [-0.4, -0.2) is 9.55 Å². The summed E-state index contributed by atoms with van der Waals surface area (Å²) >= 11 is 0. The molecule has 1 aromatic carbocycles. The van der Waals surface area contributed by atoms with E-state index in [9.17, 15) is 0 Å². The fourth-order valence-corrected chi connectivity index (χ4v) is 1.77. The van der Waals surface area contributed by atoms with Gasteiger partial charge in [0.1, 0.15) is 11.9 Å². The highest BCUT2D eigenvalue weighted by atomic mass is 15.1. The molecular formula is C13H14N4. The molecule has 0 radical (unpaired) electrons. The van der Waals surface area contributed by atoms with Gasteiger partial charge in [0.05, 0.1) is 5.56 Å². The van der Waals surface area contributed by atoms with Crippen LogP contribution in [0.15, 0.2) is 30.6 Å². The highest BCUT2D eigenvalue weighted by Crippen LogP contribution is 2.18. The molecule has 0 saturated carbocycles. The summed E-state index contributed by atoms with van der Waals surface area (Å²) in [6, 6.07) is 7.53. The molecule has 4 heteroatoms. The SMILES string of the molecule is CCCc1nccn1-c1ccc(N)c(C#N)c1. The van der Waals surface area contributed by atoms with Crippen molar-refractivity contribution < 1.29 is 0 Å². The Kier molecular flexibility index (Phi) is 3.10. The van der Waals surface area contributed by atoms with Crippen molar-refractivity contribution >= 4 is 5.69 Å². The highest BCUT2D eigenvalue weighted by Gasteiger charge is 2.06. The van der Waals surface area contributed by atoms with Gasteiger partial charge < -0.3 is 10.3 Å². The predicted octanol–water partition coefficient (Wildman–Crippen LogP) is 2.28. The minimum absolute atomic E-state index is 0.499. The van der Waals surface area contributed by atoms with E-state index in [0.717, 1.165) is 24.4 Å². The molecule has 0 aliphatic carbocycles. The summed E-state index contributed by atoms with van der Waals surface area (Å²) < 4.78 is 1.99. The zero-order chi connectivity index (χ0) is 12.3. The van der Waals surface area contributed by atoms with E-state index in [1.165, 1.54) is 0 Å². The number of anilines is 1. The van der Waals surface area contributed by atoms with Crippen molar-refractivity contribution in [2.45, 2.75) is 19.8 Å². The molecule has 0 aliphatic rings. The zero-order valence-electron chi connectivity index (χ0n) is 9.72. The van der Waals surface area contributed by atoms with Crippen LogP contribution in [0.1, 0.15) is 24.7 Å². The number of rotatable bonds is 3. The summed E-state index contributed by atoms with van der Waals surface area (Å²) in [7, 11) is 0. The average molecular weight is 226 g/mol. The van der Waals surface area contributed by atoms with E-state index in [0.29, 0.717) is 11.3 Å².